The molecule has 2 saturated heterocycles. The third-order valence-electron chi connectivity index (χ3n) is 5.83. The highest BCUT2D eigenvalue weighted by molar-refractivity contribution is 9.10. The van der Waals surface area contributed by atoms with Crippen molar-refractivity contribution in [1.82, 2.24) is 4.90 Å². The van der Waals surface area contributed by atoms with Crippen LogP contribution in [-0.4, -0.2) is 62.4 Å². The number of halogens is 1. The Bertz CT molecular complexity index is 1060. The molecule has 0 saturated carbocycles. The van der Waals surface area contributed by atoms with E-state index in [1.165, 1.54) is 17.4 Å². The minimum atomic E-state index is -0.0346. The highest BCUT2D eigenvalue weighted by Crippen LogP contribution is 2.35. The molecule has 2 heterocycles. The van der Waals surface area contributed by atoms with Gasteiger partial charge >= 0.3 is 0 Å². The minimum Gasteiger partial charge on any atom is -0.378 e. The number of amidine groups is 1. The largest absolute Gasteiger partial charge is 0.378 e. The van der Waals surface area contributed by atoms with E-state index in [1.807, 2.05) is 18.2 Å². The molecule has 8 heteroatoms. The van der Waals surface area contributed by atoms with E-state index in [0.717, 1.165) is 60.8 Å². The van der Waals surface area contributed by atoms with Crippen LogP contribution in [0, 0.1) is 0 Å². The molecule has 0 aliphatic carbocycles. The zero-order valence-electron chi connectivity index (χ0n) is 19.3. The van der Waals surface area contributed by atoms with E-state index in [0.29, 0.717) is 10.1 Å². The van der Waals surface area contributed by atoms with Crippen LogP contribution in [-0.2, 0) is 9.53 Å². The lowest BCUT2D eigenvalue weighted by molar-refractivity contribution is -0.121. The highest BCUT2D eigenvalue weighted by atomic mass is 79.9. The minimum absolute atomic E-state index is 0.0346. The van der Waals surface area contributed by atoms with Crippen molar-refractivity contribution in [3.63, 3.8) is 0 Å². The Kier molecular flexibility index (Phi) is 7.78. The number of aliphatic imine (C=N–C) groups is 1. The first-order valence-electron chi connectivity index (χ1n) is 11.2. The predicted octanol–water partition coefficient (Wildman–Crippen LogP) is 5.37. The quantitative estimate of drug-likeness (QED) is 0.472. The van der Waals surface area contributed by atoms with Crippen molar-refractivity contribution in [2.75, 3.05) is 56.2 Å². The van der Waals surface area contributed by atoms with Crippen LogP contribution in [0.2, 0.25) is 0 Å². The fraction of sp³-hybridized carbons (Fsp3) is 0.360. The lowest BCUT2D eigenvalue weighted by atomic mass is 10.1. The van der Waals surface area contributed by atoms with Crippen LogP contribution >= 0.6 is 27.7 Å². The van der Waals surface area contributed by atoms with Gasteiger partial charge in [0.1, 0.15) is 0 Å². The number of hydrogen-bond acceptors (Lipinski definition) is 6. The van der Waals surface area contributed by atoms with Crippen molar-refractivity contribution >= 4 is 61.9 Å². The molecule has 4 rings (SSSR count). The van der Waals surface area contributed by atoms with Crippen LogP contribution in [0.25, 0.3) is 6.08 Å². The molecule has 0 spiro atoms. The fourth-order valence-corrected chi connectivity index (χ4v) is 5.54. The summed E-state index contributed by atoms with van der Waals surface area (Å²) in [5.74, 6) is -0.0346. The Morgan fingerprint density at radius 1 is 1.12 bits per heavy atom. The highest BCUT2D eigenvalue weighted by Gasteiger charge is 2.30. The number of amides is 1. The molecule has 6 nitrogen and oxygen atoms in total. The van der Waals surface area contributed by atoms with Gasteiger partial charge in [0.15, 0.2) is 5.17 Å². The van der Waals surface area contributed by atoms with Gasteiger partial charge in [0, 0.05) is 43.4 Å². The van der Waals surface area contributed by atoms with Crippen molar-refractivity contribution in [2.24, 2.45) is 4.99 Å². The Balaban J connectivity index is 1.50. The van der Waals surface area contributed by atoms with E-state index >= 15 is 0 Å². The summed E-state index contributed by atoms with van der Waals surface area (Å²) in [6.07, 6.45) is 1.93. The van der Waals surface area contributed by atoms with E-state index in [9.17, 15) is 4.79 Å². The number of rotatable bonds is 6. The van der Waals surface area contributed by atoms with Crippen molar-refractivity contribution in [3.8, 4) is 0 Å². The maximum Gasteiger partial charge on any atom is 0.266 e. The van der Waals surface area contributed by atoms with Gasteiger partial charge in [-0.2, -0.15) is 0 Å². The Morgan fingerprint density at radius 2 is 1.82 bits per heavy atom. The van der Waals surface area contributed by atoms with Gasteiger partial charge in [0.05, 0.1) is 29.5 Å². The van der Waals surface area contributed by atoms with Gasteiger partial charge in [-0.3, -0.25) is 9.69 Å². The van der Waals surface area contributed by atoms with Gasteiger partial charge in [-0.05, 0) is 89.6 Å². The fourth-order valence-electron chi connectivity index (χ4n) is 3.91. The van der Waals surface area contributed by atoms with E-state index in [2.05, 4.69) is 69.9 Å². The second-order valence-corrected chi connectivity index (χ2v) is 9.73. The average molecular weight is 530 g/mol. The van der Waals surface area contributed by atoms with Gasteiger partial charge in [0.25, 0.3) is 5.91 Å². The molecule has 0 bridgehead atoms. The molecule has 0 aromatic heterocycles. The standard InChI is InChI=1S/C25H29BrN4O2S/c1-4-29(5-2)22-11-6-18(16-21(22)26)17-23-24(31)28(3)25(33-23)27-19-7-9-20(10-8-19)30-12-14-32-15-13-30/h6-11,16-17H,4-5,12-15H2,1-3H3/b23-17-,27-25?. The van der Waals surface area contributed by atoms with E-state index in [-0.39, 0.29) is 5.91 Å². The van der Waals surface area contributed by atoms with Gasteiger partial charge < -0.3 is 14.5 Å². The maximum atomic E-state index is 12.8. The van der Waals surface area contributed by atoms with E-state index < -0.39 is 0 Å². The summed E-state index contributed by atoms with van der Waals surface area (Å²) in [7, 11) is 1.77. The number of morpholine rings is 1. The van der Waals surface area contributed by atoms with Crippen molar-refractivity contribution < 1.29 is 9.53 Å². The number of anilines is 2. The monoisotopic (exact) mass is 528 g/mol. The summed E-state index contributed by atoms with van der Waals surface area (Å²) in [5, 5.41) is 0.684. The smallest absolute Gasteiger partial charge is 0.266 e. The second kappa shape index (κ2) is 10.8. The number of nitrogens with zero attached hydrogens (tertiary/aromatic N) is 4. The van der Waals surface area contributed by atoms with Gasteiger partial charge in [-0.25, -0.2) is 4.99 Å². The lowest BCUT2D eigenvalue weighted by Crippen LogP contribution is -2.36. The molecule has 2 aromatic rings. The number of likely N-dealkylation sites (N-methyl/N-ethyl adjacent to an activating group) is 1. The Morgan fingerprint density at radius 3 is 2.45 bits per heavy atom. The van der Waals surface area contributed by atoms with Crippen molar-refractivity contribution in [2.45, 2.75) is 13.8 Å². The predicted molar refractivity (Wildman–Crippen MR) is 143 cm³/mol. The van der Waals surface area contributed by atoms with Crippen LogP contribution in [0.5, 0.6) is 0 Å². The summed E-state index contributed by atoms with van der Waals surface area (Å²) in [6, 6.07) is 14.4. The molecule has 2 aromatic carbocycles. The number of carbonyl (C=O) groups excluding carboxylic acids is 1. The first kappa shape index (κ1) is 23.9. The SMILES string of the molecule is CCN(CC)c1ccc(/C=C2\SC(=Nc3ccc(N4CCOCC4)cc3)N(C)C2=O)cc1Br. The molecule has 2 aliphatic rings. The normalized spacial score (nSPS) is 19.1. The van der Waals surface area contributed by atoms with Crippen LogP contribution < -0.4 is 9.80 Å². The summed E-state index contributed by atoms with van der Waals surface area (Å²) >= 11 is 5.10. The molecule has 1 amide bonds. The molecule has 0 radical (unpaired) electrons. The maximum absolute atomic E-state index is 12.8. The third-order valence-corrected chi connectivity index (χ3v) is 7.52. The first-order chi connectivity index (χ1) is 16.0. The zero-order valence-corrected chi connectivity index (χ0v) is 21.7. The molecule has 2 aliphatic heterocycles. The molecular formula is C25H29BrN4O2S. The topological polar surface area (TPSA) is 48.4 Å². The first-order valence-corrected chi connectivity index (χ1v) is 12.8. The number of carbonyl (C=O) groups is 1. The van der Waals surface area contributed by atoms with E-state index in [4.69, 9.17) is 9.73 Å². The Labute approximate surface area is 208 Å². The molecule has 33 heavy (non-hydrogen) atoms. The number of benzene rings is 2. The van der Waals surface area contributed by atoms with E-state index in [1.54, 1.807) is 11.9 Å². The molecule has 0 N–H and O–H groups in total. The molecular weight excluding hydrogens is 500 g/mol. The number of ether oxygens (including phenoxy) is 1. The number of hydrogen-bond donors (Lipinski definition) is 0. The number of thioether (sulfide) groups is 1. The molecule has 2 fully saturated rings. The summed E-state index contributed by atoms with van der Waals surface area (Å²) < 4.78 is 6.45. The van der Waals surface area contributed by atoms with Crippen molar-refractivity contribution in [3.05, 3.63) is 57.4 Å². The van der Waals surface area contributed by atoms with Crippen LogP contribution in [0.1, 0.15) is 19.4 Å². The molecule has 0 unspecified atom stereocenters. The van der Waals surface area contributed by atoms with Gasteiger partial charge in [-0.15, -0.1) is 0 Å². The van der Waals surface area contributed by atoms with Crippen molar-refractivity contribution in [1.29, 1.82) is 0 Å². The summed E-state index contributed by atoms with van der Waals surface area (Å²) in [6.45, 7) is 9.51. The zero-order chi connectivity index (χ0) is 23.4. The van der Waals surface area contributed by atoms with Crippen LogP contribution in [0.15, 0.2) is 56.8 Å². The summed E-state index contributed by atoms with van der Waals surface area (Å²) in [4.78, 5) is 24.5. The third kappa shape index (κ3) is 5.45. The second-order valence-electron chi connectivity index (χ2n) is 7.87. The summed E-state index contributed by atoms with van der Waals surface area (Å²) in [5.41, 5.74) is 4.15. The Hall–Kier alpha value is -2.29. The van der Waals surface area contributed by atoms with Crippen LogP contribution in [0.3, 0.4) is 0 Å². The molecule has 0 atom stereocenters. The van der Waals surface area contributed by atoms with Crippen LogP contribution in [0.4, 0.5) is 17.1 Å². The van der Waals surface area contributed by atoms with Gasteiger partial charge in [-0.1, -0.05) is 6.07 Å². The van der Waals surface area contributed by atoms with Gasteiger partial charge in [0.2, 0.25) is 0 Å². The molecule has 174 valence electrons. The average Bonchev–Trinajstić information content (AvgIpc) is 3.10. The lowest BCUT2D eigenvalue weighted by Gasteiger charge is -2.28.